The van der Waals surface area contributed by atoms with Gasteiger partial charge in [0.1, 0.15) is 0 Å². The molecule has 0 N–H and O–H groups in total. The first kappa shape index (κ1) is 155. The van der Waals surface area contributed by atoms with Crippen LogP contribution in [0.25, 0.3) is 60.9 Å². The number of fused-ring (bicyclic) bond motifs is 9. The number of hydrogen-bond donors (Lipinski definition) is 0. The van der Waals surface area contributed by atoms with Crippen molar-refractivity contribution in [2.24, 2.45) is 0 Å². The highest BCUT2D eigenvalue weighted by Crippen LogP contribution is 3.53. The molecule has 11 rings (SSSR count). The van der Waals surface area contributed by atoms with Crippen molar-refractivity contribution in [3.05, 3.63) is 204 Å². The number of aromatic nitrogens is 1. The van der Waals surface area contributed by atoms with Crippen LogP contribution in [0.4, 0.5) is 17.1 Å². The predicted octanol–water partition coefficient (Wildman–Crippen LogP) is 65.6. The van der Waals surface area contributed by atoms with Crippen molar-refractivity contribution in [2.45, 2.75) is 38.5 Å². The molecule has 89 heteroatoms. The third-order valence-electron chi connectivity index (χ3n) is 20.5. The zero-order chi connectivity index (χ0) is 107. The summed E-state index contributed by atoms with van der Waals surface area (Å²) >= 11 is 0. The Bertz CT molecular complexity index is 5040. The Kier molecular flexibility index (Phi) is 82.0. The molecule has 2 aliphatic carbocycles. The molecule has 0 spiro atoms. The lowest BCUT2D eigenvalue weighted by Gasteiger charge is -2.63. The van der Waals surface area contributed by atoms with Gasteiger partial charge in [0.05, 0.1) is 28.1 Å². The van der Waals surface area contributed by atoms with Crippen LogP contribution in [0.2, 0.25) is 0 Å². The summed E-state index contributed by atoms with van der Waals surface area (Å²) < 4.78 is 2.42. The van der Waals surface area contributed by atoms with Crippen molar-refractivity contribution >= 4 is 733 Å². The van der Waals surface area contributed by atoms with E-state index >= 15 is 0 Å². The third kappa shape index (κ3) is 40.3. The zero-order valence-electron chi connectivity index (χ0n) is 76.9. The highest BCUT2D eigenvalue weighted by atomic mass is 33.6. The van der Waals surface area contributed by atoms with Gasteiger partial charge in [-0.05, 0) is 375 Å². The van der Waals surface area contributed by atoms with Crippen molar-refractivity contribution in [2.75, 3.05) is 4.90 Å². The molecule has 143 heavy (non-hydrogen) atoms. The van der Waals surface area contributed by atoms with Gasteiger partial charge in [0, 0.05) is 44.0 Å². The number of nitrogens with zero attached hydrogens (tertiary/aromatic N) is 2. The predicted molar refractivity (Wildman–Crippen MR) is 962 cm³/mol. The normalized spacial score (nSPS) is 15.2. The van der Waals surface area contributed by atoms with E-state index in [4.69, 9.17) is 0 Å². The van der Waals surface area contributed by atoms with E-state index in [2.05, 4.69) is 612 Å². The molecule has 1 heterocycles. The van der Waals surface area contributed by atoms with E-state index in [0.717, 1.165) is 19.3 Å². The molecule has 48 unspecified atom stereocenters. The molecule has 0 amide bonds. The summed E-state index contributed by atoms with van der Waals surface area (Å²) in [6.45, 7) is -6.44. The summed E-state index contributed by atoms with van der Waals surface area (Å²) in [5, 5.41) is 2.53. The Balaban J connectivity index is 0.000000317. The summed E-state index contributed by atoms with van der Waals surface area (Å²) in [4.78, 5) is 2.58. The minimum absolute atomic E-state index is 0.128. The minimum Gasteiger partial charge on any atom is -0.309 e. The fourth-order valence-electron chi connectivity index (χ4n) is 15.5. The fourth-order valence-corrected chi connectivity index (χ4v) is 1300. The van der Waals surface area contributed by atoms with Crippen LogP contribution in [-0.4, -0.2) is 4.57 Å². The van der Waals surface area contributed by atoms with Gasteiger partial charge in [-0.15, -0.1) is 393 Å². The SMILES string of the molecule is CC1(C)c2ccccc2-c2c(N(c3ccccc3-c3cccc(-n4c5ccccc5c5ccccc54)c3)c3cccc4c3-c3ccccc3C4(C)C)cccc21.PPP(P)P(P(P)P)P(P(P(P(P)P)P(P)P)P(P(P)P)P(P)P)P(P(P(P(P(P)P)P(P)P)P(P(P)P)P(P)P)P(P(P(P)P)P(P)P)P(P(P)P)P(P)P)P(P(P(P(P)P)P(P)P)P(P(P)P)P(P)P)P(P(P(P)P)P(P)P)P(P(P)P)P(P)P. The number of anilines is 3. The number of para-hydroxylation sites is 3. The Morgan fingerprint density at radius 1 is 0.210 bits per heavy atom. The molecular weight excluding hydrogens is 3370 g/mol. The molecule has 9 aromatic rings. The quantitative estimate of drug-likeness (QED) is 0.0345. The standard InChI is InChI=1S/C54H42N2.H89P87/c1-53(2)42-25-10-5-23-40(42)51-44(53)27-16-32-49(51)56(50-33-17-28-45-52(50)41-24-6-11-26-43(41)54(45,3)4)46-29-12-7-20-37(46)35-18-15-19-36(34-35)55-47-30-13-8-21-38(47)39-22-9-14-31-48(39)55;1-45-67(44)78(66(42)43)84(79(68(46(2)3)47(4)5)69(48(6)7)49(8)9)87(85(80(70(50(10)11)51(12)13)71(52(14)15)53(16)17)81(72(54(18)19)55(20)21)73(56(22)23)57(24)25)86(82(74(58(26)27)59(28)29)75(60(30)31)61(32)33)83(76(62(34)35)63(36)37)77(64(38)39)65(40)41/h5-34H,1-4H3;45H,1-44H2. The average molecular weight is 3500 g/mol. The molecule has 792 valence electrons. The van der Waals surface area contributed by atoms with Gasteiger partial charge in [-0.3, -0.25) is 0 Å². The van der Waals surface area contributed by atoms with Gasteiger partial charge in [-0.2, -0.15) is 0 Å². The molecule has 2 aliphatic rings. The summed E-state index contributed by atoms with van der Waals surface area (Å²) in [7, 11) is 165. The van der Waals surface area contributed by atoms with Crippen LogP contribution < -0.4 is 4.90 Å². The highest BCUT2D eigenvalue weighted by Gasteiger charge is 2.66. The molecule has 0 radical (unpaired) electrons. The molecule has 0 saturated heterocycles. The van der Waals surface area contributed by atoms with Crippen molar-refractivity contribution in [3.8, 4) is 39.1 Å². The van der Waals surface area contributed by atoms with Crippen LogP contribution in [0.15, 0.2) is 182 Å². The third-order valence-corrected chi connectivity index (χ3v) is 637. The number of rotatable bonds is 47. The maximum Gasteiger partial charge on any atom is 0.0543 e. The van der Waals surface area contributed by atoms with E-state index in [1.54, 1.807) is 0 Å². The van der Waals surface area contributed by atoms with E-state index in [9.17, 15) is 0 Å². The van der Waals surface area contributed by atoms with Crippen molar-refractivity contribution in [3.63, 3.8) is 0 Å². The first-order chi connectivity index (χ1) is 66.9. The molecule has 0 fully saturated rings. The maximum absolute atomic E-state index is 3.90. The maximum atomic E-state index is 3.90. The van der Waals surface area contributed by atoms with Crippen LogP contribution in [-0.2, 0) is 10.8 Å². The van der Waals surface area contributed by atoms with Gasteiger partial charge in [-0.25, -0.2) is 0 Å². The zero-order valence-corrected chi connectivity index (χ0v) is 166. The average Bonchev–Trinajstić information content (AvgIpc) is 1.70. The van der Waals surface area contributed by atoms with Gasteiger partial charge in [0.25, 0.3) is 0 Å². The second-order valence-corrected chi connectivity index (χ2v) is 390. The highest BCUT2D eigenvalue weighted by molar-refractivity contribution is 9.59. The molecule has 0 saturated carbocycles. The molecule has 0 bridgehead atoms. The summed E-state index contributed by atoms with van der Waals surface area (Å²) in [5.74, 6) is 0. The van der Waals surface area contributed by atoms with Crippen LogP contribution in [0.1, 0.15) is 49.9 Å². The van der Waals surface area contributed by atoms with Crippen LogP contribution in [0, 0.1) is 0 Å². The Morgan fingerprint density at radius 3 is 0.685 bits per heavy atom. The van der Waals surface area contributed by atoms with Crippen LogP contribution in [0.3, 0.4) is 0 Å². The summed E-state index contributed by atoms with van der Waals surface area (Å²) in [6.07, 6.45) is 0. The Morgan fingerprint density at radius 2 is 0.420 bits per heavy atom. The van der Waals surface area contributed by atoms with Crippen LogP contribution in [0.5, 0.6) is 0 Å². The summed E-state index contributed by atoms with van der Waals surface area (Å²) in [5.41, 5.74) is 19.9. The van der Waals surface area contributed by atoms with E-state index in [1.165, 1.54) is 88.8 Å². The van der Waals surface area contributed by atoms with Gasteiger partial charge in [-0.1, -0.05) is 175 Å². The molecule has 1 aromatic heterocycles. The monoisotopic (exact) mass is 3500 g/mol. The lowest BCUT2D eigenvalue weighted by atomic mass is 9.82. The van der Waals surface area contributed by atoms with Gasteiger partial charge in [0.15, 0.2) is 0 Å². The molecule has 48 atom stereocenters. The largest absolute Gasteiger partial charge is 0.309 e. The minimum atomic E-state index is -0.524. The number of hydrogen-bond acceptors (Lipinski definition) is 1. The topological polar surface area (TPSA) is 8.17 Å². The molecule has 2 nitrogen and oxygen atoms in total. The molecular formula is C54H131N2P87. The second kappa shape index (κ2) is 75.5. The van der Waals surface area contributed by atoms with E-state index in [0.29, 0.717) is 0 Å². The molecule has 8 aromatic carbocycles. The van der Waals surface area contributed by atoms with Gasteiger partial charge >= 0.3 is 0 Å². The Labute approximate surface area is 1010 Å². The smallest absolute Gasteiger partial charge is 0.0543 e. The van der Waals surface area contributed by atoms with E-state index in [-0.39, 0.29) is 241 Å². The van der Waals surface area contributed by atoms with Gasteiger partial charge < -0.3 is 9.47 Å². The number of benzene rings is 8. The second-order valence-electron chi connectivity index (χ2n) is 30.3. The van der Waals surface area contributed by atoms with Crippen LogP contribution >= 0.6 is 694 Å². The first-order valence-electron chi connectivity index (χ1n) is 39.6. The Hall–Kier alpha value is 30.8. The summed E-state index contributed by atoms with van der Waals surface area (Å²) in [6, 6.07) is 67.5. The van der Waals surface area contributed by atoms with Crippen molar-refractivity contribution < 1.29 is 0 Å². The van der Waals surface area contributed by atoms with E-state index in [1.807, 2.05) is 0 Å². The van der Waals surface area contributed by atoms with E-state index < -0.39 is 62.9 Å². The molecule has 0 aliphatic heterocycles. The van der Waals surface area contributed by atoms with Crippen molar-refractivity contribution in [1.29, 1.82) is 0 Å². The van der Waals surface area contributed by atoms with Gasteiger partial charge in [0.2, 0.25) is 0 Å². The fraction of sp³-hybridized carbons (Fsp3) is 0.111. The van der Waals surface area contributed by atoms with Crippen molar-refractivity contribution in [1.82, 2.24) is 4.57 Å². The lowest BCUT2D eigenvalue weighted by molar-refractivity contribution is 0.660. The lowest BCUT2D eigenvalue weighted by Crippen LogP contribution is -2.17. The first-order valence-corrected chi connectivity index (χ1v) is 198.